The lowest BCUT2D eigenvalue weighted by Gasteiger charge is -2.07. The number of hydrogen-bond acceptors (Lipinski definition) is 5. The molecule has 0 spiro atoms. The van der Waals surface area contributed by atoms with E-state index in [0.29, 0.717) is 17.9 Å². The Bertz CT molecular complexity index is 894. The van der Waals surface area contributed by atoms with Crippen molar-refractivity contribution >= 4 is 11.6 Å². The fourth-order valence-electron chi connectivity index (χ4n) is 2.56. The molecule has 0 radical (unpaired) electrons. The first-order valence-corrected chi connectivity index (χ1v) is 7.69. The number of hydrogen-bond donors (Lipinski definition) is 1. The summed E-state index contributed by atoms with van der Waals surface area (Å²) in [7, 11) is 1.85. The highest BCUT2D eigenvalue weighted by atomic mass is 16.1. The first-order valence-electron chi connectivity index (χ1n) is 7.69. The third kappa shape index (κ3) is 2.78. The molecule has 0 atom stereocenters. The molecule has 0 unspecified atom stereocenters. The predicted molar refractivity (Wildman–Crippen MR) is 89.6 cm³/mol. The lowest BCUT2D eigenvalue weighted by molar-refractivity contribution is 0.102. The van der Waals surface area contributed by atoms with E-state index in [1.54, 1.807) is 21.5 Å². The van der Waals surface area contributed by atoms with Crippen LogP contribution in [-0.2, 0) is 13.6 Å². The van der Waals surface area contributed by atoms with Crippen LogP contribution in [0.15, 0.2) is 24.3 Å². The van der Waals surface area contributed by atoms with Crippen molar-refractivity contribution in [2.75, 3.05) is 5.32 Å². The number of carbonyl (C=O) groups is 1. The van der Waals surface area contributed by atoms with E-state index in [0.717, 1.165) is 22.6 Å². The number of benzene rings is 1. The smallest absolute Gasteiger partial charge is 0.255 e. The van der Waals surface area contributed by atoms with Gasteiger partial charge in [0.1, 0.15) is 0 Å². The van der Waals surface area contributed by atoms with Gasteiger partial charge in [-0.05, 0) is 43.3 Å². The van der Waals surface area contributed by atoms with Crippen LogP contribution in [0.1, 0.15) is 28.7 Å². The Morgan fingerprint density at radius 3 is 2.75 bits per heavy atom. The highest BCUT2D eigenvalue weighted by molar-refractivity contribution is 6.05. The van der Waals surface area contributed by atoms with Gasteiger partial charge in [-0.1, -0.05) is 12.1 Å². The summed E-state index contributed by atoms with van der Waals surface area (Å²) < 4.78 is 3.43. The van der Waals surface area contributed by atoms with Gasteiger partial charge in [0.2, 0.25) is 0 Å². The van der Waals surface area contributed by atoms with Gasteiger partial charge in [-0.25, -0.2) is 4.68 Å². The zero-order valence-electron chi connectivity index (χ0n) is 14.1. The third-order valence-electron chi connectivity index (χ3n) is 3.96. The monoisotopic (exact) mass is 325 g/mol. The van der Waals surface area contributed by atoms with Crippen molar-refractivity contribution in [2.45, 2.75) is 27.3 Å². The van der Waals surface area contributed by atoms with E-state index < -0.39 is 0 Å². The number of nitrogens with zero attached hydrogens (tertiary/aromatic N) is 6. The first-order chi connectivity index (χ1) is 11.5. The van der Waals surface area contributed by atoms with Gasteiger partial charge in [0, 0.05) is 24.7 Å². The number of aryl methyl sites for hydroxylation is 3. The van der Waals surface area contributed by atoms with Crippen LogP contribution in [-0.4, -0.2) is 35.9 Å². The van der Waals surface area contributed by atoms with E-state index in [1.165, 1.54) is 0 Å². The van der Waals surface area contributed by atoms with Gasteiger partial charge in [0.25, 0.3) is 5.91 Å². The van der Waals surface area contributed by atoms with E-state index in [2.05, 4.69) is 25.9 Å². The highest BCUT2D eigenvalue weighted by Gasteiger charge is 2.15. The number of tetrazole rings is 1. The lowest BCUT2D eigenvalue weighted by Crippen LogP contribution is -2.13. The summed E-state index contributed by atoms with van der Waals surface area (Å²) in [6.07, 6.45) is 0. The van der Waals surface area contributed by atoms with E-state index >= 15 is 0 Å². The summed E-state index contributed by atoms with van der Waals surface area (Å²) in [6.45, 7) is 6.41. The molecule has 8 heteroatoms. The van der Waals surface area contributed by atoms with Gasteiger partial charge < -0.3 is 5.32 Å². The minimum Gasteiger partial charge on any atom is -0.319 e. The molecule has 0 aliphatic heterocycles. The maximum absolute atomic E-state index is 12.6. The average Bonchev–Trinajstić information content (AvgIpc) is 3.15. The standard InChI is InChI=1S/C16H19N7O/c1-5-23-15(18-20-21-23)12-7-6-8-13(9-12)16(24)17-14-10(2)19-22(4)11(14)3/h6-9H,5H2,1-4H3,(H,17,24). The minimum absolute atomic E-state index is 0.188. The molecule has 0 aliphatic carbocycles. The van der Waals surface area contributed by atoms with E-state index in [1.807, 2.05) is 40.0 Å². The summed E-state index contributed by atoms with van der Waals surface area (Å²) in [5.74, 6) is 0.451. The average molecular weight is 325 g/mol. The molecule has 3 aromatic rings. The largest absolute Gasteiger partial charge is 0.319 e. The Balaban J connectivity index is 1.90. The summed E-state index contributed by atoms with van der Waals surface area (Å²) in [5, 5.41) is 18.9. The van der Waals surface area contributed by atoms with E-state index in [-0.39, 0.29) is 5.91 Å². The SMILES string of the molecule is CCn1nnnc1-c1cccc(C(=O)Nc2c(C)nn(C)c2C)c1. The van der Waals surface area contributed by atoms with Gasteiger partial charge in [-0.15, -0.1) is 5.10 Å². The quantitative estimate of drug-likeness (QED) is 0.792. The van der Waals surface area contributed by atoms with Crippen LogP contribution in [0.4, 0.5) is 5.69 Å². The topological polar surface area (TPSA) is 90.5 Å². The Morgan fingerprint density at radius 2 is 2.08 bits per heavy atom. The molecule has 1 N–H and O–H groups in total. The van der Waals surface area contributed by atoms with Crippen LogP contribution >= 0.6 is 0 Å². The molecular formula is C16H19N7O. The minimum atomic E-state index is -0.188. The highest BCUT2D eigenvalue weighted by Crippen LogP contribution is 2.21. The molecule has 24 heavy (non-hydrogen) atoms. The second-order valence-corrected chi connectivity index (χ2v) is 5.52. The number of rotatable bonds is 4. The molecule has 0 bridgehead atoms. The number of amides is 1. The van der Waals surface area contributed by atoms with Crippen LogP contribution < -0.4 is 5.32 Å². The molecule has 0 fully saturated rings. The molecule has 2 heterocycles. The third-order valence-corrected chi connectivity index (χ3v) is 3.96. The van der Waals surface area contributed by atoms with Crippen molar-refractivity contribution in [2.24, 2.45) is 7.05 Å². The predicted octanol–water partition coefficient (Wildman–Crippen LogP) is 1.96. The zero-order chi connectivity index (χ0) is 17.3. The molecular weight excluding hydrogens is 306 g/mol. The number of carbonyl (C=O) groups excluding carboxylic acids is 1. The molecule has 8 nitrogen and oxygen atoms in total. The second kappa shape index (κ2) is 6.23. The molecule has 124 valence electrons. The maximum atomic E-state index is 12.6. The van der Waals surface area contributed by atoms with E-state index in [9.17, 15) is 4.79 Å². The Morgan fingerprint density at radius 1 is 1.29 bits per heavy atom. The molecule has 1 amide bonds. The second-order valence-electron chi connectivity index (χ2n) is 5.52. The van der Waals surface area contributed by atoms with Crippen molar-refractivity contribution in [3.8, 4) is 11.4 Å². The molecule has 2 aromatic heterocycles. The van der Waals surface area contributed by atoms with Crippen molar-refractivity contribution in [3.05, 3.63) is 41.2 Å². The number of aromatic nitrogens is 6. The van der Waals surface area contributed by atoms with Crippen molar-refractivity contribution in [1.29, 1.82) is 0 Å². The summed E-state index contributed by atoms with van der Waals surface area (Å²) in [6, 6.07) is 7.26. The maximum Gasteiger partial charge on any atom is 0.255 e. The van der Waals surface area contributed by atoms with Crippen molar-refractivity contribution < 1.29 is 4.79 Å². The first kappa shape index (κ1) is 15.9. The van der Waals surface area contributed by atoms with Crippen LogP contribution in [0.3, 0.4) is 0 Å². The Kier molecular flexibility index (Phi) is 4.11. The van der Waals surface area contributed by atoms with Gasteiger partial charge in [0.05, 0.1) is 17.1 Å². The number of nitrogens with one attached hydrogen (secondary N) is 1. The normalized spacial score (nSPS) is 10.8. The van der Waals surface area contributed by atoms with Crippen LogP contribution in [0, 0.1) is 13.8 Å². The van der Waals surface area contributed by atoms with E-state index in [4.69, 9.17) is 0 Å². The molecule has 1 aromatic carbocycles. The zero-order valence-corrected chi connectivity index (χ0v) is 14.1. The number of anilines is 1. The van der Waals surface area contributed by atoms with Gasteiger partial charge in [-0.3, -0.25) is 9.48 Å². The Labute approximate surface area is 139 Å². The lowest BCUT2D eigenvalue weighted by atomic mass is 10.1. The summed E-state index contributed by atoms with van der Waals surface area (Å²) in [4.78, 5) is 12.6. The molecule has 3 rings (SSSR count). The van der Waals surface area contributed by atoms with Crippen LogP contribution in [0.25, 0.3) is 11.4 Å². The van der Waals surface area contributed by atoms with Gasteiger partial charge in [-0.2, -0.15) is 5.10 Å². The molecule has 0 saturated heterocycles. The van der Waals surface area contributed by atoms with Crippen LogP contribution in [0.5, 0.6) is 0 Å². The molecule has 0 aliphatic rings. The van der Waals surface area contributed by atoms with Gasteiger partial charge in [0.15, 0.2) is 5.82 Å². The molecule has 0 saturated carbocycles. The summed E-state index contributed by atoms with van der Waals surface area (Å²) >= 11 is 0. The Hall–Kier alpha value is -3.03. The fraction of sp³-hybridized carbons (Fsp3) is 0.312. The fourth-order valence-corrected chi connectivity index (χ4v) is 2.56. The van der Waals surface area contributed by atoms with Crippen LogP contribution in [0.2, 0.25) is 0 Å². The van der Waals surface area contributed by atoms with Crippen molar-refractivity contribution in [1.82, 2.24) is 30.0 Å². The summed E-state index contributed by atoms with van der Waals surface area (Å²) in [5.41, 5.74) is 3.78. The van der Waals surface area contributed by atoms with Crippen molar-refractivity contribution in [3.63, 3.8) is 0 Å². The van der Waals surface area contributed by atoms with Gasteiger partial charge >= 0.3 is 0 Å².